The molecule has 0 saturated carbocycles. The van der Waals surface area contributed by atoms with Crippen molar-refractivity contribution in [3.8, 4) is 17.1 Å². The van der Waals surface area contributed by atoms with E-state index in [9.17, 15) is 0 Å². The third kappa shape index (κ3) is 2.04. The summed E-state index contributed by atoms with van der Waals surface area (Å²) in [5, 5.41) is 0. The highest BCUT2D eigenvalue weighted by Gasteiger charge is 2.13. The summed E-state index contributed by atoms with van der Waals surface area (Å²) < 4.78 is 2.17. The van der Waals surface area contributed by atoms with Gasteiger partial charge in [-0.25, -0.2) is 4.98 Å². The van der Waals surface area contributed by atoms with E-state index in [4.69, 9.17) is 10.7 Å². The van der Waals surface area contributed by atoms with Gasteiger partial charge in [0.2, 0.25) is 0 Å². The van der Waals surface area contributed by atoms with Crippen LogP contribution in [-0.2, 0) is 0 Å². The number of rotatable bonds is 2. The quantitative estimate of drug-likeness (QED) is 0.559. The molecule has 4 rings (SSSR count). The third-order valence-electron chi connectivity index (χ3n) is 3.74. The molecule has 0 unspecified atom stereocenters. The molecule has 0 aliphatic rings. The topological polar surface area (TPSA) is 43.8 Å². The smallest absolute Gasteiger partial charge is 0.145 e. The van der Waals surface area contributed by atoms with E-state index < -0.39 is 0 Å². The van der Waals surface area contributed by atoms with Gasteiger partial charge in [0.25, 0.3) is 0 Å². The maximum Gasteiger partial charge on any atom is 0.145 e. The molecule has 106 valence electrons. The summed E-state index contributed by atoms with van der Waals surface area (Å²) in [6.07, 6.45) is 0. The van der Waals surface area contributed by atoms with Crippen LogP contribution in [0.25, 0.3) is 28.1 Å². The average Bonchev–Trinajstić information content (AvgIpc) is 2.96. The number of imidazole rings is 1. The van der Waals surface area contributed by atoms with E-state index in [1.54, 1.807) is 0 Å². The zero-order valence-electron chi connectivity index (χ0n) is 12.0. The number of hydrogen-bond donors (Lipinski definition) is 1. The Labute approximate surface area is 128 Å². The van der Waals surface area contributed by atoms with Crippen molar-refractivity contribution in [2.24, 2.45) is 0 Å². The highest BCUT2D eigenvalue weighted by molar-refractivity contribution is 5.83. The largest absolute Gasteiger partial charge is 0.399 e. The number of benzene rings is 3. The van der Waals surface area contributed by atoms with Gasteiger partial charge in [-0.1, -0.05) is 42.5 Å². The van der Waals surface area contributed by atoms with Crippen molar-refractivity contribution in [2.75, 3.05) is 5.73 Å². The van der Waals surface area contributed by atoms with Crippen LogP contribution in [0.3, 0.4) is 0 Å². The fourth-order valence-electron chi connectivity index (χ4n) is 2.69. The maximum atomic E-state index is 5.82. The molecule has 3 heteroatoms. The summed E-state index contributed by atoms with van der Waals surface area (Å²) in [5.74, 6) is 0.937. The van der Waals surface area contributed by atoms with E-state index >= 15 is 0 Å². The minimum absolute atomic E-state index is 0.759. The number of nitrogen functional groups attached to an aromatic ring is 1. The Bertz CT molecular complexity index is 922. The molecule has 0 atom stereocenters. The molecule has 2 N–H and O–H groups in total. The highest BCUT2D eigenvalue weighted by atomic mass is 15.1. The van der Waals surface area contributed by atoms with Gasteiger partial charge >= 0.3 is 0 Å². The average molecular weight is 285 g/mol. The van der Waals surface area contributed by atoms with E-state index in [-0.39, 0.29) is 0 Å². The van der Waals surface area contributed by atoms with Crippen LogP contribution in [0.5, 0.6) is 0 Å². The van der Waals surface area contributed by atoms with Gasteiger partial charge < -0.3 is 5.73 Å². The maximum absolute atomic E-state index is 5.82. The van der Waals surface area contributed by atoms with Gasteiger partial charge in [0.15, 0.2) is 0 Å². The molecule has 3 aromatic carbocycles. The van der Waals surface area contributed by atoms with Crippen LogP contribution in [0.2, 0.25) is 0 Å². The Kier molecular flexibility index (Phi) is 2.90. The molecule has 1 heterocycles. The first-order valence-corrected chi connectivity index (χ1v) is 7.22. The molecule has 0 radical (unpaired) electrons. The third-order valence-corrected chi connectivity index (χ3v) is 3.74. The Morgan fingerprint density at radius 3 is 2.18 bits per heavy atom. The fraction of sp³-hybridized carbons (Fsp3) is 0. The van der Waals surface area contributed by atoms with Crippen LogP contribution in [0.4, 0.5) is 5.69 Å². The van der Waals surface area contributed by atoms with Gasteiger partial charge in [-0.15, -0.1) is 0 Å². The van der Waals surface area contributed by atoms with Crippen LogP contribution in [0, 0.1) is 0 Å². The molecule has 22 heavy (non-hydrogen) atoms. The molecule has 0 saturated heterocycles. The SMILES string of the molecule is Nc1ccc(-n2c(-c3ccccc3)nc3ccccc32)cc1. The van der Waals surface area contributed by atoms with Crippen molar-refractivity contribution in [2.45, 2.75) is 0 Å². The van der Waals surface area contributed by atoms with E-state index in [1.807, 2.05) is 60.7 Å². The van der Waals surface area contributed by atoms with Crippen molar-refractivity contribution in [1.82, 2.24) is 9.55 Å². The van der Waals surface area contributed by atoms with Gasteiger partial charge in [-0.2, -0.15) is 0 Å². The number of aromatic nitrogens is 2. The fourth-order valence-corrected chi connectivity index (χ4v) is 2.69. The van der Waals surface area contributed by atoms with Gasteiger partial charge in [0, 0.05) is 16.9 Å². The lowest BCUT2D eigenvalue weighted by Gasteiger charge is -2.09. The molecule has 0 amide bonds. The number of nitrogens with zero attached hydrogens (tertiary/aromatic N) is 2. The molecule has 0 aliphatic heterocycles. The zero-order valence-corrected chi connectivity index (χ0v) is 12.0. The predicted octanol–water partition coefficient (Wildman–Crippen LogP) is 4.27. The van der Waals surface area contributed by atoms with Crippen molar-refractivity contribution in [3.05, 3.63) is 78.9 Å². The first kappa shape index (κ1) is 12.7. The van der Waals surface area contributed by atoms with E-state index in [1.165, 1.54) is 0 Å². The van der Waals surface area contributed by atoms with Crippen molar-refractivity contribution >= 4 is 16.7 Å². The lowest BCUT2D eigenvalue weighted by molar-refractivity contribution is 1.10. The summed E-state index contributed by atoms with van der Waals surface area (Å²) >= 11 is 0. The summed E-state index contributed by atoms with van der Waals surface area (Å²) in [6.45, 7) is 0. The molecule has 0 aliphatic carbocycles. The standard InChI is InChI=1S/C19H15N3/c20-15-10-12-16(13-11-15)22-18-9-5-4-8-17(18)21-19(22)14-6-2-1-3-7-14/h1-13H,20H2. The second-order valence-electron chi connectivity index (χ2n) is 5.22. The molecule has 3 nitrogen and oxygen atoms in total. The van der Waals surface area contributed by atoms with E-state index in [0.717, 1.165) is 33.8 Å². The van der Waals surface area contributed by atoms with Crippen LogP contribution >= 0.6 is 0 Å². The van der Waals surface area contributed by atoms with Crippen molar-refractivity contribution < 1.29 is 0 Å². The van der Waals surface area contributed by atoms with Gasteiger partial charge in [0.1, 0.15) is 5.82 Å². The molecular weight excluding hydrogens is 270 g/mol. The Hall–Kier alpha value is -3.07. The predicted molar refractivity (Wildman–Crippen MR) is 90.9 cm³/mol. The molecule has 0 fully saturated rings. The van der Waals surface area contributed by atoms with E-state index in [0.29, 0.717) is 0 Å². The lowest BCUT2D eigenvalue weighted by atomic mass is 10.2. The first-order chi connectivity index (χ1) is 10.8. The monoisotopic (exact) mass is 285 g/mol. The number of para-hydroxylation sites is 2. The van der Waals surface area contributed by atoms with Crippen molar-refractivity contribution in [3.63, 3.8) is 0 Å². The Balaban J connectivity index is 2.04. The molecular formula is C19H15N3. The summed E-state index contributed by atoms with van der Waals surface area (Å²) in [7, 11) is 0. The molecule has 1 aromatic heterocycles. The molecule has 0 spiro atoms. The molecule has 0 bridgehead atoms. The normalized spacial score (nSPS) is 10.9. The van der Waals surface area contributed by atoms with Crippen LogP contribution in [-0.4, -0.2) is 9.55 Å². The highest BCUT2D eigenvalue weighted by Crippen LogP contribution is 2.28. The van der Waals surface area contributed by atoms with Crippen LogP contribution < -0.4 is 5.73 Å². The van der Waals surface area contributed by atoms with Gasteiger partial charge in [0.05, 0.1) is 11.0 Å². The Morgan fingerprint density at radius 2 is 1.41 bits per heavy atom. The minimum Gasteiger partial charge on any atom is -0.399 e. The van der Waals surface area contributed by atoms with Gasteiger partial charge in [-0.05, 0) is 36.4 Å². The Morgan fingerprint density at radius 1 is 0.727 bits per heavy atom. The second kappa shape index (κ2) is 5.04. The summed E-state index contributed by atoms with van der Waals surface area (Å²) in [6, 6.07) is 26.3. The van der Waals surface area contributed by atoms with E-state index in [2.05, 4.69) is 22.8 Å². The number of nitrogens with two attached hydrogens (primary N) is 1. The minimum atomic E-state index is 0.759. The van der Waals surface area contributed by atoms with Crippen LogP contribution in [0.15, 0.2) is 78.9 Å². The first-order valence-electron chi connectivity index (χ1n) is 7.22. The van der Waals surface area contributed by atoms with Crippen LogP contribution in [0.1, 0.15) is 0 Å². The summed E-state index contributed by atoms with van der Waals surface area (Å²) in [4.78, 5) is 4.81. The molecule has 4 aromatic rings. The number of fused-ring (bicyclic) bond motifs is 1. The second-order valence-corrected chi connectivity index (χ2v) is 5.22. The summed E-state index contributed by atoms with van der Waals surface area (Å²) in [5.41, 5.74) is 10.8. The van der Waals surface area contributed by atoms with Crippen molar-refractivity contribution in [1.29, 1.82) is 0 Å². The number of anilines is 1. The van der Waals surface area contributed by atoms with Gasteiger partial charge in [-0.3, -0.25) is 4.57 Å². The zero-order chi connectivity index (χ0) is 14.9. The lowest BCUT2D eigenvalue weighted by Crippen LogP contribution is -1.97. The number of hydrogen-bond acceptors (Lipinski definition) is 2.